The summed E-state index contributed by atoms with van der Waals surface area (Å²) in [5.41, 5.74) is 0. The van der Waals surface area contributed by atoms with E-state index in [2.05, 4.69) is 10.1 Å². The van der Waals surface area contributed by atoms with Crippen molar-refractivity contribution in [2.45, 2.75) is 25.9 Å². The van der Waals surface area contributed by atoms with Crippen molar-refractivity contribution in [3.63, 3.8) is 0 Å². The minimum Gasteiger partial charge on any atom is -0.391 e. The molecule has 2 heterocycles. The number of aliphatic hydroxyl groups is 1. The van der Waals surface area contributed by atoms with Crippen molar-refractivity contribution in [3.8, 4) is 0 Å². The van der Waals surface area contributed by atoms with Gasteiger partial charge >= 0.3 is 0 Å². The Bertz CT molecular complexity index is 363. The molecule has 1 aromatic rings. The van der Waals surface area contributed by atoms with Gasteiger partial charge in [0.05, 0.1) is 12.5 Å². The van der Waals surface area contributed by atoms with Crippen LogP contribution in [0.5, 0.6) is 0 Å². The summed E-state index contributed by atoms with van der Waals surface area (Å²) in [4.78, 5) is 17.0. The average molecular weight is 211 g/mol. The van der Waals surface area contributed by atoms with Gasteiger partial charge < -0.3 is 14.5 Å². The summed E-state index contributed by atoms with van der Waals surface area (Å²) in [5.74, 6) is 1.11. The van der Waals surface area contributed by atoms with Gasteiger partial charge in [-0.1, -0.05) is 5.16 Å². The number of rotatable bonds is 3. The van der Waals surface area contributed by atoms with Crippen LogP contribution in [0, 0.1) is 6.92 Å². The zero-order valence-electron chi connectivity index (χ0n) is 8.51. The van der Waals surface area contributed by atoms with E-state index in [1.54, 1.807) is 11.8 Å². The van der Waals surface area contributed by atoms with Crippen molar-refractivity contribution in [3.05, 3.63) is 11.7 Å². The second-order valence-corrected chi connectivity index (χ2v) is 3.68. The second kappa shape index (κ2) is 3.98. The van der Waals surface area contributed by atoms with Gasteiger partial charge in [0.25, 0.3) is 0 Å². The highest BCUT2D eigenvalue weighted by Gasteiger charge is 2.27. The summed E-state index contributed by atoms with van der Waals surface area (Å²) >= 11 is 0. The molecule has 1 amide bonds. The molecule has 1 aliphatic heterocycles. The number of hydrogen-bond acceptors (Lipinski definition) is 5. The Kier molecular flexibility index (Phi) is 2.68. The third kappa shape index (κ3) is 2.33. The summed E-state index contributed by atoms with van der Waals surface area (Å²) in [5, 5.41) is 13.0. The number of amides is 1. The van der Waals surface area contributed by atoms with Gasteiger partial charge in [0.15, 0.2) is 5.82 Å². The minimum atomic E-state index is -0.524. The van der Waals surface area contributed by atoms with Gasteiger partial charge in [-0.25, -0.2) is 0 Å². The molecule has 2 rings (SSSR count). The van der Waals surface area contributed by atoms with Gasteiger partial charge in [-0.05, 0) is 0 Å². The Labute approximate surface area is 86.9 Å². The van der Waals surface area contributed by atoms with E-state index in [1.807, 2.05) is 0 Å². The normalized spacial score (nSPS) is 21.3. The van der Waals surface area contributed by atoms with Gasteiger partial charge in [0.1, 0.15) is 0 Å². The summed E-state index contributed by atoms with van der Waals surface area (Å²) in [6, 6.07) is 0. The highest BCUT2D eigenvalue weighted by Crippen LogP contribution is 2.11. The van der Waals surface area contributed by atoms with E-state index in [0.717, 1.165) is 0 Å². The van der Waals surface area contributed by atoms with Crippen molar-refractivity contribution < 1.29 is 14.4 Å². The van der Waals surface area contributed by atoms with E-state index in [9.17, 15) is 9.90 Å². The van der Waals surface area contributed by atoms with E-state index < -0.39 is 6.10 Å². The van der Waals surface area contributed by atoms with Crippen LogP contribution in [0.25, 0.3) is 0 Å². The summed E-state index contributed by atoms with van der Waals surface area (Å²) in [6.45, 7) is 2.67. The number of nitrogens with zero attached hydrogens (tertiary/aromatic N) is 3. The monoisotopic (exact) mass is 211 g/mol. The molecule has 1 unspecified atom stereocenters. The highest BCUT2D eigenvalue weighted by molar-refractivity contribution is 5.78. The smallest absolute Gasteiger partial charge is 0.225 e. The average Bonchev–Trinajstić information content (AvgIpc) is 2.70. The van der Waals surface area contributed by atoms with Crippen LogP contribution in [0.2, 0.25) is 0 Å². The van der Waals surface area contributed by atoms with Crippen LogP contribution in [0.1, 0.15) is 18.1 Å². The minimum absolute atomic E-state index is 0.0114. The zero-order valence-corrected chi connectivity index (χ0v) is 8.51. The van der Waals surface area contributed by atoms with Gasteiger partial charge in [-0.3, -0.25) is 4.79 Å². The molecule has 1 N–H and O–H groups in total. The number of carbonyl (C=O) groups is 1. The predicted octanol–water partition coefficient (Wildman–Crippen LogP) is -0.486. The molecule has 82 valence electrons. The number of aliphatic hydroxyl groups excluding tert-OH is 1. The van der Waals surface area contributed by atoms with Gasteiger partial charge in [-0.15, -0.1) is 0 Å². The second-order valence-electron chi connectivity index (χ2n) is 3.68. The van der Waals surface area contributed by atoms with Crippen LogP contribution in [-0.2, 0) is 11.2 Å². The van der Waals surface area contributed by atoms with Crippen molar-refractivity contribution in [1.82, 2.24) is 15.0 Å². The lowest BCUT2D eigenvalue weighted by Crippen LogP contribution is -2.28. The lowest BCUT2D eigenvalue weighted by atomic mass is 10.3. The van der Waals surface area contributed by atoms with Crippen molar-refractivity contribution >= 4 is 5.91 Å². The molecular weight excluding hydrogens is 198 g/mol. The maximum Gasteiger partial charge on any atom is 0.225 e. The van der Waals surface area contributed by atoms with Crippen molar-refractivity contribution in [2.24, 2.45) is 0 Å². The SMILES string of the molecule is Cc1nc(CCN2CC(O)CC2=O)no1. The molecule has 15 heavy (non-hydrogen) atoms. The third-order valence-electron chi connectivity index (χ3n) is 2.37. The fourth-order valence-corrected chi connectivity index (χ4v) is 1.65. The van der Waals surface area contributed by atoms with E-state index in [0.29, 0.717) is 31.2 Å². The van der Waals surface area contributed by atoms with Gasteiger partial charge in [0.2, 0.25) is 11.8 Å². The lowest BCUT2D eigenvalue weighted by molar-refractivity contribution is -0.127. The number of aromatic nitrogens is 2. The lowest BCUT2D eigenvalue weighted by Gasteiger charge is -2.13. The first-order valence-corrected chi connectivity index (χ1v) is 4.90. The van der Waals surface area contributed by atoms with Crippen LogP contribution in [0.3, 0.4) is 0 Å². The van der Waals surface area contributed by atoms with Gasteiger partial charge in [-0.2, -0.15) is 4.98 Å². The number of carbonyl (C=O) groups excluding carboxylic acids is 1. The molecule has 1 aromatic heterocycles. The number of β-amino-alcohol motifs (C(OH)–C–C–N with tert-alkyl or cyclic N) is 1. The topological polar surface area (TPSA) is 79.5 Å². The summed E-state index contributed by atoms with van der Waals surface area (Å²) < 4.78 is 4.81. The fourth-order valence-electron chi connectivity index (χ4n) is 1.65. The first-order chi connectivity index (χ1) is 7.15. The molecule has 0 spiro atoms. The van der Waals surface area contributed by atoms with E-state index in [-0.39, 0.29) is 12.3 Å². The van der Waals surface area contributed by atoms with Crippen LogP contribution in [-0.4, -0.2) is 45.2 Å². The molecule has 0 aliphatic carbocycles. The van der Waals surface area contributed by atoms with Crippen LogP contribution < -0.4 is 0 Å². The summed E-state index contributed by atoms with van der Waals surface area (Å²) in [6.07, 6.45) is 0.269. The third-order valence-corrected chi connectivity index (χ3v) is 2.37. The Morgan fingerprint density at radius 3 is 3.00 bits per heavy atom. The molecule has 1 atom stereocenters. The number of aryl methyl sites for hydroxylation is 1. The highest BCUT2D eigenvalue weighted by atomic mass is 16.5. The molecule has 0 radical (unpaired) electrons. The van der Waals surface area contributed by atoms with Crippen LogP contribution in [0.15, 0.2) is 4.52 Å². The van der Waals surface area contributed by atoms with E-state index >= 15 is 0 Å². The molecule has 0 aromatic carbocycles. The molecule has 0 bridgehead atoms. The molecular formula is C9H13N3O3. The largest absolute Gasteiger partial charge is 0.391 e. The van der Waals surface area contributed by atoms with Crippen LogP contribution in [0.4, 0.5) is 0 Å². The Hall–Kier alpha value is -1.43. The van der Waals surface area contributed by atoms with Crippen molar-refractivity contribution in [1.29, 1.82) is 0 Å². The van der Waals surface area contributed by atoms with Crippen LogP contribution >= 0.6 is 0 Å². The number of likely N-dealkylation sites (tertiary alicyclic amines) is 1. The predicted molar refractivity (Wildman–Crippen MR) is 49.9 cm³/mol. The van der Waals surface area contributed by atoms with Crippen molar-refractivity contribution in [2.75, 3.05) is 13.1 Å². The van der Waals surface area contributed by atoms with E-state index in [4.69, 9.17) is 4.52 Å². The first-order valence-electron chi connectivity index (χ1n) is 4.90. The van der Waals surface area contributed by atoms with Gasteiger partial charge in [0, 0.05) is 26.4 Å². The molecule has 1 fully saturated rings. The zero-order chi connectivity index (χ0) is 10.8. The molecule has 1 saturated heterocycles. The van der Waals surface area contributed by atoms with E-state index in [1.165, 1.54) is 0 Å². The molecule has 0 saturated carbocycles. The Balaban J connectivity index is 1.86. The first kappa shape index (κ1) is 10.1. The quantitative estimate of drug-likeness (QED) is 0.730. The fraction of sp³-hybridized carbons (Fsp3) is 0.667. The Morgan fingerprint density at radius 2 is 2.47 bits per heavy atom. The maximum absolute atomic E-state index is 11.3. The Morgan fingerprint density at radius 1 is 1.67 bits per heavy atom. The molecule has 6 nitrogen and oxygen atoms in total. The maximum atomic E-state index is 11.3. The molecule has 6 heteroatoms. The summed E-state index contributed by atoms with van der Waals surface area (Å²) in [7, 11) is 0. The number of hydrogen-bond donors (Lipinski definition) is 1. The standard InChI is InChI=1S/C9H13N3O3/c1-6-10-8(11-15-6)2-3-12-5-7(13)4-9(12)14/h7,13H,2-5H2,1H3. The molecule has 1 aliphatic rings.